The van der Waals surface area contributed by atoms with Gasteiger partial charge in [0.25, 0.3) is 0 Å². The van der Waals surface area contributed by atoms with Gasteiger partial charge in [0.05, 0.1) is 0 Å². The number of aryl methyl sites for hydroxylation is 1. The Kier molecular flexibility index (Phi) is 5.77. The fourth-order valence-electron chi connectivity index (χ4n) is 1.95. The molecule has 1 heterocycles. The summed E-state index contributed by atoms with van der Waals surface area (Å²) < 4.78 is 40.6. The summed E-state index contributed by atoms with van der Waals surface area (Å²) in [5.41, 5.74) is -3.08. The number of imidazole rings is 1. The van der Waals surface area contributed by atoms with Crippen LogP contribution in [0.1, 0.15) is 38.4 Å². The van der Waals surface area contributed by atoms with Gasteiger partial charge in [-0.05, 0) is 6.42 Å². The molecule has 1 aromatic heterocycles. The molecule has 0 radical (unpaired) electrons. The van der Waals surface area contributed by atoms with Crippen LogP contribution in [0.2, 0.25) is 0 Å². The van der Waals surface area contributed by atoms with Crippen molar-refractivity contribution in [1.82, 2.24) is 14.9 Å². The molecule has 8 heteroatoms. The van der Waals surface area contributed by atoms with E-state index in [0.29, 0.717) is 6.42 Å². The average molecular weight is 307 g/mol. The van der Waals surface area contributed by atoms with Crippen molar-refractivity contribution in [2.75, 3.05) is 6.54 Å². The van der Waals surface area contributed by atoms with Gasteiger partial charge in [0.15, 0.2) is 0 Å². The summed E-state index contributed by atoms with van der Waals surface area (Å²) in [5.74, 6) is -0.806. The van der Waals surface area contributed by atoms with Crippen LogP contribution in [0.3, 0.4) is 0 Å². The van der Waals surface area contributed by atoms with Gasteiger partial charge in [-0.3, -0.25) is 4.79 Å². The van der Waals surface area contributed by atoms with E-state index in [1.807, 2.05) is 6.92 Å². The van der Waals surface area contributed by atoms with E-state index in [0.717, 1.165) is 11.0 Å². The van der Waals surface area contributed by atoms with Gasteiger partial charge in [-0.2, -0.15) is 13.2 Å². The standard InChI is InChI=1S/C13H20F3N3O2/c1-3-4-5-10(20)17-7-6-12(21,13(14,15)16)11-18-8-9-19(11)2/h8-9,21H,3-7H2,1-2H3,(H,17,20). The molecule has 2 N–H and O–H groups in total. The Hall–Kier alpha value is -1.57. The molecular formula is C13H20F3N3O2. The lowest BCUT2D eigenvalue weighted by Crippen LogP contribution is -2.46. The molecule has 1 atom stereocenters. The largest absolute Gasteiger partial charge is 0.424 e. The van der Waals surface area contributed by atoms with Crippen LogP contribution < -0.4 is 5.32 Å². The molecule has 0 bridgehead atoms. The monoisotopic (exact) mass is 307 g/mol. The zero-order valence-corrected chi connectivity index (χ0v) is 12.1. The van der Waals surface area contributed by atoms with E-state index in [9.17, 15) is 23.1 Å². The van der Waals surface area contributed by atoms with Crippen molar-refractivity contribution in [2.45, 2.75) is 44.4 Å². The normalized spacial score (nSPS) is 14.8. The van der Waals surface area contributed by atoms with Gasteiger partial charge in [-0.25, -0.2) is 4.98 Å². The van der Waals surface area contributed by atoms with Crippen LogP contribution in [-0.2, 0) is 17.4 Å². The number of nitrogens with one attached hydrogen (secondary N) is 1. The number of aliphatic hydroxyl groups is 1. The molecule has 1 amide bonds. The quantitative estimate of drug-likeness (QED) is 0.808. The lowest BCUT2D eigenvalue weighted by atomic mass is 9.97. The Morgan fingerprint density at radius 2 is 2.14 bits per heavy atom. The Bertz CT molecular complexity index is 473. The molecule has 0 spiro atoms. The summed E-state index contributed by atoms with van der Waals surface area (Å²) in [5, 5.41) is 12.4. The Balaban J connectivity index is 2.73. The summed E-state index contributed by atoms with van der Waals surface area (Å²) in [4.78, 5) is 15.0. The lowest BCUT2D eigenvalue weighted by Gasteiger charge is -2.29. The van der Waals surface area contributed by atoms with E-state index >= 15 is 0 Å². The summed E-state index contributed by atoms with van der Waals surface area (Å²) in [6, 6.07) is 0. The van der Waals surface area contributed by atoms with Crippen molar-refractivity contribution in [3.63, 3.8) is 0 Å². The number of carbonyl (C=O) groups is 1. The number of alkyl halides is 3. The second kappa shape index (κ2) is 6.93. The number of rotatable bonds is 7. The Morgan fingerprint density at radius 1 is 1.48 bits per heavy atom. The second-order valence-corrected chi connectivity index (χ2v) is 4.92. The van der Waals surface area contributed by atoms with Crippen molar-refractivity contribution >= 4 is 5.91 Å². The zero-order valence-electron chi connectivity index (χ0n) is 12.1. The van der Waals surface area contributed by atoms with E-state index in [4.69, 9.17) is 0 Å². The zero-order chi connectivity index (χ0) is 16.1. The number of unbranched alkanes of at least 4 members (excludes halogenated alkanes) is 1. The number of hydrogen-bond donors (Lipinski definition) is 2. The van der Waals surface area contributed by atoms with Gasteiger partial charge < -0.3 is 15.0 Å². The number of halogens is 3. The highest BCUT2D eigenvalue weighted by Gasteiger charge is 2.57. The highest BCUT2D eigenvalue weighted by Crippen LogP contribution is 2.40. The maximum Gasteiger partial charge on any atom is 0.424 e. The van der Waals surface area contributed by atoms with E-state index < -0.39 is 24.0 Å². The first-order valence-corrected chi connectivity index (χ1v) is 6.76. The molecule has 120 valence electrons. The minimum Gasteiger partial charge on any atom is -0.374 e. The molecule has 5 nitrogen and oxygen atoms in total. The predicted octanol–water partition coefficient (Wildman–Crippen LogP) is 1.87. The van der Waals surface area contributed by atoms with Crippen LogP contribution in [-0.4, -0.2) is 33.3 Å². The van der Waals surface area contributed by atoms with E-state index in [-0.39, 0.29) is 18.9 Å². The van der Waals surface area contributed by atoms with Crippen LogP contribution in [0, 0.1) is 0 Å². The third-order valence-electron chi connectivity index (χ3n) is 3.23. The molecule has 1 rings (SSSR count). The van der Waals surface area contributed by atoms with Gasteiger partial charge in [0.2, 0.25) is 11.5 Å². The lowest BCUT2D eigenvalue weighted by molar-refractivity contribution is -0.272. The minimum absolute atomic E-state index is 0.267. The first kappa shape index (κ1) is 17.5. The molecular weight excluding hydrogens is 287 g/mol. The Labute approximate surface area is 121 Å². The number of nitrogens with zero attached hydrogens (tertiary/aromatic N) is 2. The van der Waals surface area contributed by atoms with Crippen LogP contribution in [0.5, 0.6) is 0 Å². The van der Waals surface area contributed by atoms with Gasteiger partial charge in [0, 0.05) is 38.8 Å². The SMILES string of the molecule is CCCCC(=O)NCCC(O)(c1nccn1C)C(F)(F)F. The predicted molar refractivity (Wildman–Crippen MR) is 70.3 cm³/mol. The van der Waals surface area contributed by atoms with Crippen molar-refractivity contribution in [1.29, 1.82) is 0 Å². The molecule has 0 aliphatic heterocycles. The number of aromatic nitrogens is 2. The average Bonchev–Trinajstić information content (AvgIpc) is 2.81. The fourth-order valence-corrected chi connectivity index (χ4v) is 1.95. The van der Waals surface area contributed by atoms with Gasteiger partial charge in [-0.1, -0.05) is 13.3 Å². The van der Waals surface area contributed by atoms with Crippen molar-refractivity contribution < 1.29 is 23.1 Å². The van der Waals surface area contributed by atoms with Crippen LogP contribution in [0.15, 0.2) is 12.4 Å². The molecule has 0 aliphatic carbocycles. The highest BCUT2D eigenvalue weighted by atomic mass is 19.4. The summed E-state index contributed by atoms with van der Waals surface area (Å²) >= 11 is 0. The molecule has 0 aromatic carbocycles. The Morgan fingerprint density at radius 3 is 2.62 bits per heavy atom. The molecule has 1 aromatic rings. The van der Waals surface area contributed by atoms with Crippen LogP contribution in [0.25, 0.3) is 0 Å². The summed E-state index contributed by atoms with van der Waals surface area (Å²) in [6.07, 6.45) is -1.28. The second-order valence-electron chi connectivity index (χ2n) is 4.92. The molecule has 1 unspecified atom stereocenters. The van der Waals surface area contributed by atoms with Gasteiger partial charge in [0.1, 0.15) is 5.82 Å². The molecule has 0 saturated carbocycles. The van der Waals surface area contributed by atoms with E-state index in [2.05, 4.69) is 10.3 Å². The molecule has 0 saturated heterocycles. The molecule has 0 aliphatic rings. The van der Waals surface area contributed by atoms with Gasteiger partial charge in [-0.15, -0.1) is 0 Å². The molecule has 0 fully saturated rings. The number of carbonyl (C=O) groups excluding carboxylic acids is 1. The first-order chi connectivity index (χ1) is 9.72. The minimum atomic E-state index is -4.87. The van der Waals surface area contributed by atoms with E-state index in [1.165, 1.54) is 19.4 Å². The fraction of sp³-hybridized carbons (Fsp3) is 0.692. The summed E-state index contributed by atoms with van der Waals surface area (Å²) in [7, 11) is 1.37. The van der Waals surface area contributed by atoms with Crippen LogP contribution in [0.4, 0.5) is 13.2 Å². The summed E-state index contributed by atoms with van der Waals surface area (Å²) in [6.45, 7) is 1.64. The molecule has 21 heavy (non-hydrogen) atoms. The topological polar surface area (TPSA) is 67.2 Å². The maximum absolute atomic E-state index is 13.2. The van der Waals surface area contributed by atoms with Crippen LogP contribution >= 0.6 is 0 Å². The number of hydrogen-bond acceptors (Lipinski definition) is 3. The third kappa shape index (κ3) is 4.20. The van der Waals surface area contributed by atoms with Gasteiger partial charge >= 0.3 is 6.18 Å². The third-order valence-corrected chi connectivity index (χ3v) is 3.23. The van der Waals surface area contributed by atoms with Crippen molar-refractivity contribution in [3.05, 3.63) is 18.2 Å². The maximum atomic E-state index is 13.2. The number of amides is 1. The van der Waals surface area contributed by atoms with E-state index in [1.54, 1.807) is 0 Å². The highest BCUT2D eigenvalue weighted by molar-refractivity contribution is 5.75. The smallest absolute Gasteiger partial charge is 0.374 e. The first-order valence-electron chi connectivity index (χ1n) is 6.76. The van der Waals surface area contributed by atoms with Crippen molar-refractivity contribution in [3.8, 4) is 0 Å². The van der Waals surface area contributed by atoms with Crippen molar-refractivity contribution in [2.24, 2.45) is 7.05 Å².